The third kappa shape index (κ3) is 1.70. The maximum absolute atomic E-state index is 11.2. The van der Waals surface area contributed by atoms with Crippen molar-refractivity contribution >= 4 is 0 Å². The number of hydrogen-bond acceptors (Lipinski definition) is 2. The summed E-state index contributed by atoms with van der Waals surface area (Å²) in [5, 5.41) is 21.2. The van der Waals surface area contributed by atoms with E-state index in [1.165, 1.54) is 6.20 Å². The van der Waals surface area contributed by atoms with E-state index in [0.29, 0.717) is 18.7 Å². The second-order valence-electron chi connectivity index (χ2n) is 3.50. The number of nitrogens with zero attached hydrogens (tertiary/aromatic N) is 1. The number of aromatic amines is 1. The summed E-state index contributed by atoms with van der Waals surface area (Å²) in [5.41, 5.74) is -0.925. The van der Waals surface area contributed by atoms with Crippen LogP contribution in [0.5, 0.6) is 0 Å². The molecule has 1 atom stereocenters. The van der Waals surface area contributed by atoms with Crippen molar-refractivity contribution < 1.29 is 9.84 Å². The van der Waals surface area contributed by atoms with Gasteiger partial charge in [0.25, 0.3) is 5.82 Å². The second kappa shape index (κ2) is 3.31. The highest BCUT2D eigenvalue weighted by Crippen LogP contribution is 2.20. The molecule has 0 saturated heterocycles. The van der Waals surface area contributed by atoms with Crippen LogP contribution in [-0.4, -0.2) is 15.7 Å². The summed E-state index contributed by atoms with van der Waals surface area (Å²) in [7, 11) is 0. The maximum atomic E-state index is 11.2. The highest BCUT2D eigenvalue weighted by Gasteiger charge is 2.27. The van der Waals surface area contributed by atoms with Crippen molar-refractivity contribution in [3.63, 3.8) is 0 Å². The lowest BCUT2D eigenvalue weighted by Gasteiger charge is -2.23. The minimum atomic E-state index is -0.925. The molecule has 1 heterocycles. The first-order chi connectivity index (χ1) is 6.70. The first kappa shape index (κ1) is 9.02. The topological polar surface area (TPSA) is 63.0 Å². The van der Waals surface area contributed by atoms with Crippen LogP contribution >= 0.6 is 0 Å². The number of rotatable bonds is 2. The summed E-state index contributed by atoms with van der Waals surface area (Å²) in [5.74, 6) is 0.479. The van der Waals surface area contributed by atoms with Crippen LogP contribution in [0.15, 0.2) is 36.7 Å². The van der Waals surface area contributed by atoms with Crippen LogP contribution in [0.3, 0.4) is 0 Å². The van der Waals surface area contributed by atoms with Crippen molar-refractivity contribution in [3.05, 3.63) is 47.7 Å². The Morgan fingerprint density at radius 1 is 1.57 bits per heavy atom. The SMILES string of the molecule is [O-][n+]1cc[nH]c1CC1(O)C=CC=CC1. The Morgan fingerprint density at radius 2 is 2.43 bits per heavy atom. The Labute approximate surface area is 81.8 Å². The molecule has 1 aliphatic carbocycles. The van der Waals surface area contributed by atoms with E-state index >= 15 is 0 Å². The normalized spacial score (nSPS) is 25.5. The summed E-state index contributed by atoms with van der Waals surface area (Å²) in [6.07, 6.45) is 11.1. The number of hydrogen-bond donors (Lipinski definition) is 2. The largest absolute Gasteiger partial charge is 0.711 e. The molecule has 14 heavy (non-hydrogen) atoms. The zero-order chi connectivity index (χ0) is 10.0. The molecule has 0 spiro atoms. The summed E-state index contributed by atoms with van der Waals surface area (Å²) >= 11 is 0. The number of allylic oxidation sites excluding steroid dienone is 2. The molecule has 2 rings (SSSR count). The lowest BCUT2D eigenvalue weighted by atomic mass is 9.92. The third-order valence-electron chi connectivity index (χ3n) is 2.32. The molecule has 2 N–H and O–H groups in total. The van der Waals surface area contributed by atoms with Crippen molar-refractivity contribution in [2.75, 3.05) is 0 Å². The van der Waals surface area contributed by atoms with Gasteiger partial charge in [-0.2, -0.15) is 0 Å². The minimum absolute atomic E-state index is 0.310. The predicted octanol–water partition coefficient (Wildman–Crippen LogP) is 0.438. The molecular formula is C10H12N2O2. The van der Waals surface area contributed by atoms with E-state index in [1.54, 1.807) is 18.3 Å². The average molecular weight is 192 g/mol. The van der Waals surface area contributed by atoms with Gasteiger partial charge in [-0.1, -0.05) is 24.3 Å². The smallest absolute Gasteiger partial charge is 0.260 e. The fraction of sp³-hybridized carbons (Fsp3) is 0.300. The first-order valence-electron chi connectivity index (χ1n) is 4.52. The zero-order valence-corrected chi connectivity index (χ0v) is 7.68. The predicted molar refractivity (Wildman–Crippen MR) is 51.3 cm³/mol. The van der Waals surface area contributed by atoms with Gasteiger partial charge in [0.1, 0.15) is 12.4 Å². The Hall–Kier alpha value is -1.55. The van der Waals surface area contributed by atoms with Gasteiger partial charge in [-0.3, -0.25) is 0 Å². The van der Waals surface area contributed by atoms with Crippen molar-refractivity contribution in [1.82, 2.24) is 4.98 Å². The molecule has 4 nitrogen and oxygen atoms in total. The van der Waals surface area contributed by atoms with E-state index in [9.17, 15) is 10.3 Å². The number of H-pyrrole nitrogens is 1. The summed E-state index contributed by atoms with van der Waals surface area (Å²) in [6.45, 7) is 0. The van der Waals surface area contributed by atoms with E-state index in [-0.39, 0.29) is 0 Å². The molecule has 74 valence electrons. The maximum Gasteiger partial charge on any atom is 0.260 e. The molecule has 1 aromatic heterocycles. The van der Waals surface area contributed by atoms with Crippen LogP contribution in [-0.2, 0) is 6.42 Å². The van der Waals surface area contributed by atoms with Crippen molar-refractivity contribution in [1.29, 1.82) is 0 Å². The fourth-order valence-corrected chi connectivity index (χ4v) is 1.56. The molecule has 0 bridgehead atoms. The average Bonchev–Trinajstić information content (AvgIpc) is 2.52. The first-order valence-corrected chi connectivity index (χ1v) is 4.52. The van der Waals surface area contributed by atoms with Gasteiger partial charge >= 0.3 is 0 Å². The van der Waals surface area contributed by atoms with E-state index in [0.717, 1.165) is 4.73 Å². The minimum Gasteiger partial charge on any atom is -0.711 e. The molecule has 0 saturated carbocycles. The summed E-state index contributed by atoms with van der Waals surface area (Å²) in [4.78, 5) is 2.81. The van der Waals surface area contributed by atoms with Gasteiger partial charge in [0, 0.05) is 0 Å². The van der Waals surface area contributed by atoms with Crippen LogP contribution in [0.2, 0.25) is 0 Å². The van der Waals surface area contributed by atoms with Gasteiger partial charge in [0.2, 0.25) is 0 Å². The van der Waals surface area contributed by atoms with Crippen LogP contribution < -0.4 is 4.73 Å². The molecule has 0 aliphatic heterocycles. The molecule has 1 aliphatic rings. The van der Waals surface area contributed by atoms with Crippen molar-refractivity contribution in [2.24, 2.45) is 0 Å². The molecule has 0 aromatic carbocycles. The Balaban J connectivity index is 2.15. The standard InChI is InChI=1S/C10H12N2O2/c13-10(4-2-1-3-5-10)8-9-11-6-7-12(9)14/h1-4,6-7,11,13H,5,8H2. The van der Waals surface area contributed by atoms with Gasteiger partial charge in [0.15, 0.2) is 0 Å². The van der Waals surface area contributed by atoms with Crippen molar-refractivity contribution in [2.45, 2.75) is 18.4 Å². The fourth-order valence-electron chi connectivity index (χ4n) is 1.56. The number of nitrogens with one attached hydrogen (secondary N) is 1. The molecule has 0 radical (unpaired) electrons. The van der Waals surface area contributed by atoms with Gasteiger partial charge in [0.05, 0.1) is 12.0 Å². The lowest BCUT2D eigenvalue weighted by Crippen LogP contribution is -2.37. The number of imidazole rings is 1. The Morgan fingerprint density at radius 3 is 3.00 bits per heavy atom. The van der Waals surface area contributed by atoms with Gasteiger partial charge < -0.3 is 10.3 Å². The zero-order valence-electron chi connectivity index (χ0n) is 7.68. The third-order valence-corrected chi connectivity index (χ3v) is 2.32. The molecule has 4 heteroatoms. The van der Waals surface area contributed by atoms with Crippen LogP contribution in [0.1, 0.15) is 12.2 Å². The summed E-state index contributed by atoms with van der Waals surface area (Å²) in [6, 6.07) is 0. The number of aliphatic hydroxyl groups is 1. The van der Waals surface area contributed by atoms with E-state index < -0.39 is 5.60 Å². The van der Waals surface area contributed by atoms with Crippen molar-refractivity contribution in [3.8, 4) is 0 Å². The van der Waals surface area contributed by atoms with Crippen LogP contribution in [0, 0.1) is 5.21 Å². The Bertz CT molecular complexity index is 381. The van der Waals surface area contributed by atoms with Crippen LogP contribution in [0.25, 0.3) is 0 Å². The van der Waals surface area contributed by atoms with Gasteiger partial charge in [-0.25, -0.2) is 9.71 Å². The Kier molecular flexibility index (Phi) is 2.13. The van der Waals surface area contributed by atoms with Crippen LogP contribution in [0.4, 0.5) is 0 Å². The van der Waals surface area contributed by atoms with Gasteiger partial charge in [-0.05, 0) is 6.42 Å². The monoisotopic (exact) mass is 192 g/mol. The lowest BCUT2D eigenvalue weighted by molar-refractivity contribution is -0.613. The highest BCUT2D eigenvalue weighted by atomic mass is 16.5. The molecule has 0 amide bonds. The quantitative estimate of drug-likeness (QED) is 0.527. The molecule has 0 fully saturated rings. The number of aromatic nitrogens is 2. The molecule has 1 unspecified atom stereocenters. The van der Waals surface area contributed by atoms with Gasteiger partial charge in [-0.15, -0.1) is 0 Å². The molecule has 1 aromatic rings. The van der Waals surface area contributed by atoms with E-state index in [4.69, 9.17) is 0 Å². The highest BCUT2D eigenvalue weighted by molar-refractivity contribution is 5.19. The molecular weight excluding hydrogens is 180 g/mol. The van der Waals surface area contributed by atoms with E-state index in [1.807, 2.05) is 12.2 Å². The van der Waals surface area contributed by atoms with E-state index in [2.05, 4.69) is 4.98 Å². The summed E-state index contributed by atoms with van der Waals surface area (Å²) < 4.78 is 0.740. The second-order valence-corrected chi connectivity index (χ2v) is 3.50.